The van der Waals surface area contributed by atoms with Gasteiger partial charge in [-0.15, -0.1) is 0 Å². The van der Waals surface area contributed by atoms with Crippen LogP contribution in [0.3, 0.4) is 0 Å². The highest BCUT2D eigenvalue weighted by Gasteiger charge is 2.32. The van der Waals surface area contributed by atoms with Crippen LogP contribution < -0.4 is 5.56 Å². The number of fused-ring (bicyclic) bond motifs is 1. The average molecular weight is 427 g/mol. The van der Waals surface area contributed by atoms with Crippen LogP contribution in [0.25, 0.3) is 10.9 Å². The number of rotatable bonds is 4. The molecule has 1 aliphatic rings. The molecule has 158 valence electrons. The van der Waals surface area contributed by atoms with Gasteiger partial charge in [-0.1, -0.05) is 30.3 Å². The Morgan fingerprint density at radius 3 is 2.30 bits per heavy atom. The maximum Gasteiger partial charge on any atom is 0.261 e. The molecule has 1 fully saturated rings. The Morgan fingerprint density at radius 1 is 0.967 bits per heavy atom. The molecular formula is C22H26N4O3S. The Morgan fingerprint density at radius 2 is 1.60 bits per heavy atom. The fraction of sp³-hybridized carbons (Fsp3) is 0.364. The minimum absolute atomic E-state index is 0.0665. The van der Waals surface area contributed by atoms with Crippen molar-refractivity contribution in [2.75, 3.05) is 26.2 Å². The van der Waals surface area contributed by atoms with Crippen molar-refractivity contribution in [3.63, 3.8) is 0 Å². The molecule has 0 amide bonds. The molecule has 0 bridgehead atoms. The molecule has 2 heterocycles. The zero-order valence-corrected chi connectivity index (χ0v) is 18.3. The summed E-state index contributed by atoms with van der Waals surface area (Å²) in [6.45, 7) is 5.80. The van der Waals surface area contributed by atoms with Crippen LogP contribution in [-0.4, -0.2) is 53.4 Å². The van der Waals surface area contributed by atoms with Crippen molar-refractivity contribution in [2.45, 2.75) is 24.8 Å². The second-order valence-corrected chi connectivity index (χ2v) is 9.64. The van der Waals surface area contributed by atoms with Crippen LogP contribution in [0.1, 0.15) is 24.4 Å². The van der Waals surface area contributed by atoms with Gasteiger partial charge in [0, 0.05) is 33.2 Å². The molecule has 1 unspecified atom stereocenters. The van der Waals surface area contributed by atoms with Gasteiger partial charge in [-0.25, -0.2) is 13.4 Å². The van der Waals surface area contributed by atoms with E-state index in [1.807, 2.05) is 44.2 Å². The number of hydrogen-bond donors (Lipinski definition) is 0. The van der Waals surface area contributed by atoms with Crippen LogP contribution in [0, 0.1) is 6.92 Å². The lowest BCUT2D eigenvalue weighted by Gasteiger charge is -2.37. The molecule has 3 aromatic rings. The Balaban J connectivity index is 1.55. The lowest BCUT2D eigenvalue weighted by molar-refractivity contribution is 0.139. The van der Waals surface area contributed by atoms with Crippen molar-refractivity contribution >= 4 is 20.9 Å². The van der Waals surface area contributed by atoms with Crippen molar-refractivity contribution in [3.05, 3.63) is 70.3 Å². The van der Waals surface area contributed by atoms with E-state index in [9.17, 15) is 13.2 Å². The van der Waals surface area contributed by atoms with Crippen LogP contribution in [-0.2, 0) is 17.1 Å². The summed E-state index contributed by atoms with van der Waals surface area (Å²) >= 11 is 0. The molecule has 0 aliphatic carbocycles. The molecule has 1 aliphatic heterocycles. The van der Waals surface area contributed by atoms with Gasteiger partial charge in [-0.05, 0) is 37.6 Å². The van der Waals surface area contributed by atoms with Gasteiger partial charge < -0.3 is 0 Å². The molecular weight excluding hydrogens is 400 g/mol. The Bertz CT molecular complexity index is 1240. The first-order chi connectivity index (χ1) is 14.3. The van der Waals surface area contributed by atoms with Crippen LogP contribution in [0.4, 0.5) is 0 Å². The summed E-state index contributed by atoms with van der Waals surface area (Å²) in [5, 5.41) is 0.602. The molecule has 0 saturated carbocycles. The molecule has 0 radical (unpaired) electrons. The van der Waals surface area contributed by atoms with Crippen molar-refractivity contribution in [1.29, 1.82) is 0 Å². The lowest BCUT2D eigenvalue weighted by atomic mass is 10.2. The number of nitrogens with zero attached hydrogens (tertiary/aromatic N) is 4. The normalized spacial score (nSPS) is 17.3. The van der Waals surface area contributed by atoms with E-state index in [0.29, 0.717) is 47.8 Å². The third-order valence-electron chi connectivity index (χ3n) is 5.92. The molecule has 2 aromatic carbocycles. The number of para-hydroxylation sites is 1. The summed E-state index contributed by atoms with van der Waals surface area (Å²) in [7, 11) is -1.77. The summed E-state index contributed by atoms with van der Waals surface area (Å²) in [4.78, 5) is 20.0. The topological polar surface area (TPSA) is 75.5 Å². The number of sulfonamides is 1. The molecule has 4 rings (SSSR count). The van der Waals surface area contributed by atoms with E-state index in [-0.39, 0.29) is 11.6 Å². The van der Waals surface area contributed by atoms with E-state index < -0.39 is 10.0 Å². The number of hydrogen-bond acceptors (Lipinski definition) is 5. The predicted octanol–water partition coefficient (Wildman–Crippen LogP) is 2.31. The standard InChI is InChI=1S/C22H26N4O3S/c1-16-8-4-7-11-20(16)30(28,29)26-14-12-25(13-15-26)17(2)21-23-19-10-6-5-9-18(19)22(27)24(21)3/h4-11,17H,12-15H2,1-3H3. The highest BCUT2D eigenvalue weighted by molar-refractivity contribution is 7.89. The molecule has 1 saturated heterocycles. The SMILES string of the molecule is Cc1ccccc1S(=O)(=O)N1CCN(C(C)c2nc3ccccc3c(=O)n2C)CC1. The first-order valence-electron chi connectivity index (χ1n) is 10.1. The van der Waals surface area contributed by atoms with Gasteiger partial charge in [0.25, 0.3) is 5.56 Å². The van der Waals surface area contributed by atoms with Gasteiger partial charge in [-0.2, -0.15) is 4.31 Å². The molecule has 30 heavy (non-hydrogen) atoms. The first kappa shape index (κ1) is 20.7. The molecule has 1 aromatic heterocycles. The van der Waals surface area contributed by atoms with Crippen molar-refractivity contribution in [2.24, 2.45) is 7.05 Å². The highest BCUT2D eigenvalue weighted by Crippen LogP contribution is 2.25. The number of benzene rings is 2. The van der Waals surface area contributed by atoms with Gasteiger partial charge in [0.05, 0.1) is 21.8 Å². The Kier molecular flexibility index (Phi) is 5.48. The molecule has 1 atom stereocenters. The summed E-state index contributed by atoms with van der Waals surface area (Å²) in [6.07, 6.45) is 0. The van der Waals surface area contributed by atoms with E-state index in [1.165, 1.54) is 0 Å². The van der Waals surface area contributed by atoms with Crippen LogP contribution in [0.5, 0.6) is 0 Å². The van der Waals surface area contributed by atoms with E-state index in [0.717, 1.165) is 5.56 Å². The van der Waals surface area contributed by atoms with Gasteiger partial charge in [0.15, 0.2) is 0 Å². The number of piperazine rings is 1. The van der Waals surface area contributed by atoms with E-state index >= 15 is 0 Å². The fourth-order valence-corrected chi connectivity index (χ4v) is 5.74. The maximum absolute atomic E-state index is 13.0. The smallest absolute Gasteiger partial charge is 0.261 e. The summed E-state index contributed by atoms with van der Waals surface area (Å²) in [6, 6.07) is 14.3. The second-order valence-electron chi connectivity index (χ2n) is 7.73. The van der Waals surface area contributed by atoms with Crippen molar-refractivity contribution in [1.82, 2.24) is 18.8 Å². The zero-order chi connectivity index (χ0) is 21.5. The lowest BCUT2D eigenvalue weighted by Crippen LogP contribution is -2.49. The summed E-state index contributed by atoms with van der Waals surface area (Å²) in [5.74, 6) is 0.689. The van der Waals surface area contributed by atoms with E-state index in [4.69, 9.17) is 4.98 Å². The van der Waals surface area contributed by atoms with Gasteiger partial charge in [-0.3, -0.25) is 14.3 Å². The van der Waals surface area contributed by atoms with Crippen LogP contribution >= 0.6 is 0 Å². The van der Waals surface area contributed by atoms with Crippen molar-refractivity contribution in [3.8, 4) is 0 Å². The fourth-order valence-electron chi connectivity index (χ4n) is 4.09. The summed E-state index contributed by atoms with van der Waals surface area (Å²) < 4.78 is 29.2. The third-order valence-corrected chi connectivity index (χ3v) is 7.98. The predicted molar refractivity (Wildman–Crippen MR) is 117 cm³/mol. The highest BCUT2D eigenvalue weighted by atomic mass is 32.2. The van der Waals surface area contributed by atoms with Crippen molar-refractivity contribution < 1.29 is 8.42 Å². The Hall–Kier alpha value is -2.55. The third kappa shape index (κ3) is 3.55. The second kappa shape index (κ2) is 7.94. The number of aromatic nitrogens is 2. The zero-order valence-electron chi connectivity index (χ0n) is 17.4. The Labute approximate surface area is 176 Å². The van der Waals surface area contributed by atoms with E-state index in [2.05, 4.69) is 4.90 Å². The molecule has 7 nitrogen and oxygen atoms in total. The largest absolute Gasteiger partial charge is 0.298 e. The number of aryl methyl sites for hydroxylation is 1. The van der Waals surface area contributed by atoms with Gasteiger partial charge in [0.1, 0.15) is 5.82 Å². The monoisotopic (exact) mass is 426 g/mol. The minimum Gasteiger partial charge on any atom is -0.298 e. The van der Waals surface area contributed by atoms with Crippen LogP contribution in [0.15, 0.2) is 58.2 Å². The van der Waals surface area contributed by atoms with Gasteiger partial charge in [0.2, 0.25) is 10.0 Å². The molecule has 0 spiro atoms. The molecule has 8 heteroatoms. The summed E-state index contributed by atoms with van der Waals surface area (Å²) in [5.41, 5.74) is 1.37. The average Bonchev–Trinajstić information content (AvgIpc) is 2.76. The molecule has 0 N–H and O–H groups in total. The van der Waals surface area contributed by atoms with Crippen LogP contribution in [0.2, 0.25) is 0 Å². The first-order valence-corrected chi connectivity index (χ1v) is 11.5. The van der Waals surface area contributed by atoms with E-state index in [1.54, 1.807) is 34.1 Å². The minimum atomic E-state index is -3.51. The quantitative estimate of drug-likeness (QED) is 0.640. The van der Waals surface area contributed by atoms with Gasteiger partial charge >= 0.3 is 0 Å². The maximum atomic E-state index is 13.0.